The molecule has 0 aromatic rings. The molecule has 3 heterocycles. The van der Waals surface area contributed by atoms with Gasteiger partial charge in [0.2, 0.25) is 0 Å². The summed E-state index contributed by atoms with van der Waals surface area (Å²) in [5, 5.41) is 0. The fourth-order valence-corrected chi connectivity index (χ4v) is 4.71. The van der Waals surface area contributed by atoms with Crippen LogP contribution in [0.2, 0.25) is 0 Å². The van der Waals surface area contributed by atoms with Crippen LogP contribution in [0.25, 0.3) is 0 Å². The van der Waals surface area contributed by atoms with Crippen molar-refractivity contribution in [1.29, 1.82) is 0 Å². The lowest BCUT2D eigenvalue weighted by Gasteiger charge is -2.35. The van der Waals surface area contributed by atoms with Crippen LogP contribution in [0.5, 0.6) is 0 Å². The van der Waals surface area contributed by atoms with Gasteiger partial charge in [-0.3, -0.25) is 4.90 Å². The van der Waals surface area contributed by atoms with Crippen LogP contribution in [0.4, 0.5) is 0 Å². The average molecular weight is 367 g/mol. The van der Waals surface area contributed by atoms with Crippen LogP contribution in [0, 0.1) is 11.8 Å². The van der Waals surface area contributed by atoms with Crippen LogP contribution in [0.1, 0.15) is 45.4 Å². The molecule has 0 amide bonds. The number of nitrogens with zero attached hydrogens (tertiary/aromatic N) is 2. The number of rotatable bonds is 13. The first-order valence-corrected chi connectivity index (χ1v) is 11.1. The van der Waals surface area contributed by atoms with Gasteiger partial charge in [0.25, 0.3) is 0 Å². The predicted octanol–water partition coefficient (Wildman–Crippen LogP) is 2.39. The van der Waals surface area contributed by atoms with E-state index >= 15 is 0 Å². The third-order valence-electron chi connectivity index (χ3n) is 6.34. The summed E-state index contributed by atoms with van der Waals surface area (Å²) in [6, 6.07) is 0. The quantitative estimate of drug-likeness (QED) is 0.468. The SMILES string of the molecule is CCCCN(CC1CCCC(CN(CC2CO2)CC2CO2)C1)CC1CO1. The molecule has 0 N–H and O–H groups in total. The molecule has 5 unspecified atom stereocenters. The number of unbranched alkanes of at least 4 members (excludes halogenated alkanes) is 1. The van der Waals surface area contributed by atoms with Crippen LogP contribution in [0.15, 0.2) is 0 Å². The molecule has 1 aliphatic carbocycles. The molecule has 4 fully saturated rings. The molecule has 0 spiro atoms. The minimum atomic E-state index is 0.496. The Balaban J connectivity index is 1.23. The first-order valence-electron chi connectivity index (χ1n) is 11.1. The van der Waals surface area contributed by atoms with Crippen molar-refractivity contribution in [2.45, 2.75) is 63.8 Å². The van der Waals surface area contributed by atoms with E-state index in [0.717, 1.165) is 51.3 Å². The molecule has 0 aromatic carbocycles. The smallest absolute Gasteiger partial charge is 0.0936 e. The van der Waals surface area contributed by atoms with E-state index in [1.54, 1.807) is 0 Å². The molecule has 150 valence electrons. The Hall–Kier alpha value is -0.200. The lowest BCUT2D eigenvalue weighted by molar-refractivity contribution is 0.128. The Labute approximate surface area is 159 Å². The minimum Gasteiger partial charge on any atom is -0.372 e. The molecule has 0 radical (unpaired) electrons. The van der Waals surface area contributed by atoms with Gasteiger partial charge in [-0.1, -0.05) is 19.8 Å². The van der Waals surface area contributed by atoms with E-state index in [2.05, 4.69) is 16.7 Å². The lowest BCUT2D eigenvalue weighted by atomic mass is 9.80. The Bertz CT molecular complexity index is 409. The van der Waals surface area contributed by atoms with Crippen molar-refractivity contribution in [3.63, 3.8) is 0 Å². The molecule has 3 saturated heterocycles. The van der Waals surface area contributed by atoms with Gasteiger partial charge in [0, 0.05) is 32.7 Å². The Morgan fingerprint density at radius 3 is 1.73 bits per heavy atom. The zero-order valence-electron chi connectivity index (χ0n) is 16.6. The lowest BCUT2D eigenvalue weighted by Crippen LogP contribution is -2.39. The third kappa shape index (κ3) is 6.75. The average Bonchev–Trinajstić information content (AvgIpc) is 3.45. The molecule has 26 heavy (non-hydrogen) atoms. The van der Waals surface area contributed by atoms with Gasteiger partial charge in [0.15, 0.2) is 0 Å². The van der Waals surface area contributed by atoms with E-state index in [-0.39, 0.29) is 0 Å². The maximum absolute atomic E-state index is 5.50. The summed E-state index contributed by atoms with van der Waals surface area (Å²) in [5.74, 6) is 1.73. The van der Waals surface area contributed by atoms with Gasteiger partial charge in [-0.25, -0.2) is 0 Å². The molecule has 1 saturated carbocycles. The molecule has 4 aliphatic rings. The topological polar surface area (TPSA) is 44.1 Å². The van der Waals surface area contributed by atoms with Crippen molar-refractivity contribution >= 4 is 0 Å². The van der Waals surface area contributed by atoms with Crippen LogP contribution in [-0.2, 0) is 14.2 Å². The second-order valence-corrected chi connectivity index (χ2v) is 9.10. The standard InChI is InChI=1S/C21H38N2O3/c1-2-3-7-22(11-19-14-24-19)9-17-5-4-6-18(8-17)10-23(12-20-15-25-20)13-21-16-26-21/h17-21H,2-16H2,1H3. The Morgan fingerprint density at radius 2 is 1.23 bits per heavy atom. The molecule has 0 bridgehead atoms. The van der Waals surface area contributed by atoms with E-state index in [0.29, 0.717) is 18.3 Å². The van der Waals surface area contributed by atoms with E-state index in [9.17, 15) is 0 Å². The largest absolute Gasteiger partial charge is 0.372 e. The molecule has 0 aromatic heterocycles. The zero-order chi connectivity index (χ0) is 17.8. The highest BCUT2D eigenvalue weighted by atomic mass is 16.6. The minimum absolute atomic E-state index is 0.496. The maximum Gasteiger partial charge on any atom is 0.0936 e. The van der Waals surface area contributed by atoms with E-state index < -0.39 is 0 Å². The molecular weight excluding hydrogens is 328 g/mol. The van der Waals surface area contributed by atoms with E-state index in [4.69, 9.17) is 14.2 Å². The summed E-state index contributed by atoms with van der Waals surface area (Å²) >= 11 is 0. The predicted molar refractivity (Wildman–Crippen MR) is 102 cm³/mol. The monoisotopic (exact) mass is 366 g/mol. The summed E-state index contributed by atoms with van der Waals surface area (Å²) in [4.78, 5) is 5.33. The van der Waals surface area contributed by atoms with E-state index in [1.807, 2.05) is 0 Å². The second-order valence-electron chi connectivity index (χ2n) is 9.10. The molecule has 4 rings (SSSR count). The van der Waals surface area contributed by atoms with Crippen molar-refractivity contribution in [2.24, 2.45) is 11.8 Å². The molecular formula is C21H38N2O3. The first kappa shape index (κ1) is 19.1. The summed E-state index contributed by atoms with van der Waals surface area (Å²) in [7, 11) is 0. The number of ether oxygens (including phenoxy) is 3. The van der Waals surface area contributed by atoms with E-state index in [1.165, 1.54) is 58.2 Å². The molecule has 5 nitrogen and oxygen atoms in total. The molecule has 5 atom stereocenters. The Morgan fingerprint density at radius 1 is 0.731 bits per heavy atom. The van der Waals surface area contributed by atoms with Crippen molar-refractivity contribution in [2.75, 3.05) is 59.1 Å². The van der Waals surface area contributed by atoms with Gasteiger partial charge >= 0.3 is 0 Å². The third-order valence-corrected chi connectivity index (χ3v) is 6.34. The van der Waals surface area contributed by atoms with Gasteiger partial charge < -0.3 is 19.1 Å². The van der Waals surface area contributed by atoms with Crippen LogP contribution >= 0.6 is 0 Å². The summed E-state index contributed by atoms with van der Waals surface area (Å²) in [6.45, 7) is 12.4. The van der Waals surface area contributed by atoms with Gasteiger partial charge in [0.05, 0.1) is 38.1 Å². The number of epoxide rings is 3. The fourth-order valence-electron chi connectivity index (χ4n) is 4.71. The van der Waals surface area contributed by atoms with Crippen molar-refractivity contribution in [3.05, 3.63) is 0 Å². The highest BCUT2D eigenvalue weighted by Gasteiger charge is 2.33. The summed E-state index contributed by atoms with van der Waals surface area (Å²) in [5.41, 5.74) is 0. The van der Waals surface area contributed by atoms with Crippen molar-refractivity contribution in [1.82, 2.24) is 9.80 Å². The van der Waals surface area contributed by atoms with Gasteiger partial charge in [-0.2, -0.15) is 0 Å². The highest BCUT2D eigenvalue weighted by Crippen LogP contribution is 2.31. The first-order chi connectivity index (χ1) is 12.8. The van der Waals surface area contributed by atoms with Gasteiger partial charge in [0.1, 0.15) is 0 Å². The van der Waals surface area contributed by atoms with Crippen LogP contribution < -0.4 is 0 Å². The van der Waals surface area contributed by atoms with Crippen molar-refractivity contribution < 1.29 is 14.2 Å². The van der Waals surface area contributed by atoms with Crippen molar-refractivity contribution in [3.8, 4) is 0 Å². The normalized spacial score (nSPS) is 35.9. The zero-order valence-corrected chi connectivity index (χ0v) is 16.6. The fraction of sp³-hybridized carbons (Fsp3) is 1.00. The van der Waals surface area contributed by atoms with Gasteiger partial charge in [-0.15, -0.1) is 0 Å². The van der Waals surface area contributed by atoms with Crippen LogP contribution in [-0.4, -0.2) is 87.2 Å². The summed E-state index contributed by atoms with van der Waals surface area (Å²) in [6.07, 6.45) is 9.77. The summed E-state index contributed by atoms with van der Waals surface area (Å²) < 4.78 is 16.5. The van der Waals surface area contributed by atoms with Crippen LogP contribution in [0.3, 0.4) is 0 Å². The second kappa shape index (κ2) is 9.33. The molecule has 3 aliphatic heterocycles. The number of hydrogen-bond donors (Lipinski definition) is 0. The molecule has 5 heteroatoms. The maximum atomic E-state index is 5.50. The highest BCUT2D eigenvalue weighted by molar-refractivity contribution is 4.84. The number of hydrogen-bond acceptors (Lipinski definition) is 5. The van der Waals surface area contributed by atoms with Gasteiger partial charge in [-0.05, 0) is 44.1 Å². The Kier molecular flexibility index (Phi) is 6.87.